The molecule has 0 fully saturated rings. The molecule has 2 amide bonds. The predicted octanol–water partition coefficient (Wildman–Crippen LogP) is 3.91. The molecule has 0 aliphatic rings. The Morgan fingerprint density at radius 2 is 1.83 bits per heavy atom. The lowest BCUT2D eigenvalue weighted by Crippen LogP contribution is -2.25. The van der Waals surface area contributed by atoms with Crippen LogP contribution in [0.1, 0.15) is 36.2 Å². The molecule has 0 aliphatic carbocycles. The number of aromatic nitrogens is 1. The van der Waals surface area contributed by atoms with E-state index < -0.39 is 5.91 Å². The van der Waals surface area contributed by atoms with Gasteiger partial charge in [0, 0.05) is 35.2 Å². The van der Waals surface area contributed by atoms with Crippen LogP contribution in [0, 0.1) is 0 Å². The van der Waals surface area contributed by atoms with Crippen LogP contribution >= 0.6 is 11.3 Å². The van der Waals surface area contributed by atoms with Gasteiger partial charge in [0.25, 0.3) is 5.91 Å². The third-order valence-corrected chi connectivity index (χ3v) is 5.23. The molecule has 0 spiro atoms. The van der Waals surface area contributed by atoms with Crippen LogP contribution in [-0.4, -0.2) is 33.7 Å². The van der Waals surface area contributed by atoms with Crippen LogP contribution in [0.3, 0.4) is 0 Å². The normalized spacial score (nSPS) is 10.7. The lowest BCUT2D eigenvalue weighted by Gasteiger charge is -2.07. The fourth-order valence-corrected chi connectivity index (χ4v) is 3.66. The van der Waals surface area contributed by atoms with Crippen LogP contribution in [0.25, 0.3) is 22.4 Å². The van der Waals surface area contributed by atoms with E-state index in [2.05, 4.69) is 10.3 Å². The Morgan fingerprint density at radius 1 is 1.03 bits per heavy atom. The van der Waals surface area contributed by atoms with Gasteiger partial charge in [0.05, 0.1) is 0 Å². The highest BCUT2D eigenvalue weighted by molar-refractivity contribution is 7.08. The van der Waals surface area contributed by atoms with Crippen molar-refractivity contribution < 1.29 is 19.9 Å². The first-order valence-corrected chi connectivity index (χ1v) is 10.3. The summed E-state index contributed by atoms with van der Waals surface area (Å²) < 4.78 is 0. The number of phenolic OH excluding ortho intramolecular Hbond substituents is 1. The zero-order valence-corrected chi connectivity index (χ0v) is 16.6. The van der Waals surface area contributed by atoms with Crippen molar-refractivity contribution in [2.75, 3.05) is 6.54 Å². The first-order valence-electron chi connectivity index (χ1n) is 9.34. The largest absolute Gasteiger partial charge is 0.508 e. The Morgan fingerprint density at radius 3 is 2.52 bits per heavy atom. The lowest BCUT2D eigenvalue weighted by molar-refractivity contribution is -0.129. The minimum Gasteiger partial charge on any atom is -0.508 e. The van der Waals surface area contributed by atoms with Crippen molar-refractivity contribution in [2.24, 2.45) is 0 Å². The molecular weight excluding hydrogens is 390 g/mol. The molecule has 3 aromatic rings. The van der Waals surface area contributed by atoms with Crippen LogP contribution in [0.4, 0.5) is 0 Å². The number of nitrogens with one attached hydrogen (secondary N) is 3. The quantitative estimate of drug-likeness (QED) is 0.208. The number of H-pyrrole nitrogens is 1. The molecule has 0 aliphatic heterocycles. The Hall–Kier alpha value is -3.10. The van der Waals surface area contributed by atoms with E-state index in [0.717, 1.165) is 35.2 Å². The Bertz CT molecular complexity index is 949. The third-order valence-electron chi connectivity index (χ3n) is 4.55. The van der Waals surface area contributed by atoms with Crippen molar-refractivity contribution in [1.29, 1.82) is 0 Å². The molecule has 2 heterocycles. The second kappa shape index (κ2) is 9.90. The summed E-state index contributed by atoms with van der Waals surface area (Å²) in [5.41, 5.74) is 5.54. The molecule has 152 valence electrons. The first kappa shape index (κ1) is 20.6. The summed E-state index contributed by atoms with van der Waals surface area (Å²) in [6, 6.07) is 10.7. The smallest absolute Gasteiger partial charge is 0.268 e. The lowest BCUT2D eigenvalue weighted by atomic mass is 10.0. The summed E-state index contributed by atoms with van der Waals surface area (Å²) in [5.74, 6) is -0.439. The molecule has 0 atom stereocenters. The van der Waals surface area contributed by atoms with Crippen LogP contribution < -0.4 is 10.8 Å². The number of phenols is 1. The van der Waals surface area contributed by atoms with Gasteiger partial charge in [-0.2, -0.15) is 11.3 Å². The molecule has 3 rings (SSSR count). The molecule has 0 saturated carbocycles. The SMILES string of the molecule is O=C(CCCCCNC(=O)c1[nH]c(-c2ccsc2)cc1-c1ccc(O)cc1)NO. The summed E-state index contributed by atoms with van der Waals surface area (Å²) in [4.78, 5) is 27.0. The Labute approximate surface area is 172 Å². The number of carbonyl (C=O) groups excluding carboxylic acids is 2. The van der Waals surface area contributed by atoms with Crippen molar-refractivity contribution in [1.82, 2.24) is 15.8 Å². The number of rotatable bonds is 9. The molecule has 0 unspecified atom stereocenters. The molecule has 7 nitrogen and oxygen atoms in total. The summed E-state index contributed by atoms with van der Waals surface area (Å²) >= 11 is 1.58. The predicted molar refractivity (Wildman–Crippen MR) is 112 cm³/mol. The van der Waals surface area contributed by atoms with E-state index in [9.17, 15) is 14.7 Å². The molecule has 0 radical (unpaired) electrons. The van der Waals surface area contributed by atoms with Gasteiger partial charge in [0.2, 0.25) is 5.91 Å². The number of thiophene rings is 1. The number of hydrogen-bond acceptors (Lipinski definition) is 5. The van der Waals surface area contributed by atoms with E-state index in [4.69, 9.17) is 5.21 Å². The van der Waals surface area contributed by atoms with Gasteiger partial charge in [-0.15, -0.1) is 0 Å². The molecule has 1 aromatic carbocycles. The van der Waals surface area contributed by atoms with E-state index in [-0.39, 0.29) is 18.1 Å². The van der Waals surface area contributed by atoms with Crippen molar-refractivity contribution in [3.8, 4) is 28.1 Å². The fourth-order valence-electron chi connectivity index (χ4n) is 3.01. The average molecular weight is 413 g/mol. The zero-order chi connectivity index (χ0) is 20.6. The van der Waals surface area contributed by atoms with Crippen LogP contribution in [0.5, 0.6) is 5.75 Å². The minimum atomic E-state index is -0.403. The average Bonchev–Trinajstić information content (AvgIpc) is 3.40. The van der Waals surface area contributed by atoms with E-state index in [1.807, 2.05) is 22.9 Å². The second-order valence-electron chi connectivity index (χ2n) is 6.63. The van der Waals surface area contributed by atoms with Gasteiger partial charge >= 0.3 is 0 Å². The summed E-state index contributed by atoms with van der Waals surface area (Å²) in [5, 5.41) is 24.9. The summed E-state index contributed by atoms with van der Waals surface area (Å²) in [6.07, 6.45) is 2.41. The van der Waals surface area contributed by atoms with Gasteiger partial charge in [-0.05, 0) is 48.1 Å². The van der Waals surface area contributed by atoms with Crippen molar-refractivity contribution in [3.05, 3.63) is 52.9 Å². The van der Waals surface area contributed by atoms with Crippen LogP contribution in [0.15, 0.2) is 47.2 Å². The number of aromatic amines is 1. The van der Waals surface area contributed by atoms with Crippen molar-refractivity contribution in [3.63, 3.8) is 0 Å². The fraction of sp³-hybridized carbons (Fsp3) is 0.238. The van der Waals surface area contributed by atoms with Gasteiger partial charge in [0.1, 0.15) is 11.4 Å². The molecule has 0 bridgehead atoms. The van der Waals surface area contributed by atoms with E-state index >= 15 is 0 Å². The maximum atomic E-state index is 12.8. The van der Waals surface area contributed by atoms with Gasteiger partial charge < -0.3 is 15.4 Å². The number of aromatic hydroxyl groups is 1. The molecule has 2 aromatic heterocycles. The van der Waals surface area contributed by atoms with E-state index in [0.29, 0.717) is 18.7 Å². The molecule has 29 heavy (non-hydrogen) atoms. The van der Waals surface area contributed by atoms with Gasteiger partial charge in [-0.3, -0.25) is 14.8 Å². The highest BCUT2D eigenvalue weighted by atomic mass is 32.1. The monoisotopic (exact) mass is 413 g/mol. The van der Waals surface area contributed by atoms with Crippen LogP contribution in [-0.2, 0) is 4.79 Å². The topological polar surface area (TPSA) is 114 Å². The number of unbranched alkanes of at least 4 members (excludes halogenated alkanes) is 2. The number of hydroxylamine groups is 1. The second-order valence-corrected chi connectivity index (χ2v) is 7.41. The zero-order valence-electron chi connectivity index (χ0n) is 15.8. The van der Waals surface area contributed by atoms with Gasteiger partial charge in [-0.1, -0.05) is 18.6 Å². The molecule has 8 heteroatoms. The minimum absolute atomic E-state index is 0.170. The standard InChI is InChI=1S/C21H23N3O4S/c25-16-7-5-14(6-8-16)17-12-18(15-9-11-29-13-15)23-20(17)21(27)22-10-3-1-2-4-19(26)24-28/h5-9,11-13,23,25,28H,1-4,10H2,(H,22,27)(H,24,26). The Balaban J connectivity index is 1.69. The Kier molecular flexibility index (Phi) is 7.04. The third kappa shape index (κ3) is 5.46. The highest BCUT2D eigenvalue weighted by Gasteiger charge is 2.17. The maximum Gasteiger partial charge on any atom is 0.268 e. The number of hydrogen-bond donors (Lipinski definition) is 5. The maximum absolute atomic E-state index is 12.8. The number of amides is 2. The van der Waals surface area contributed by atoms with E-state index in [1.165, 1.54) is 0 Å². The molecule has 5 N–H and O–H groups in total. The molecular formula is C21H23N3O4S. The summed E-state index contributed by atoms with van der Waals surface area (Å²) in [6.45, 7) is 0.487. The molecule has 0 saturated heterocycles. The van der Waals surface area contributed by atoms with Gasteiger partial charge in [-0.25, -0.2) is 5.48 Å². The first-order chi connectivity index (χ1) is 14.1. The number of benzene rings is 1. The van der Waals surface area contributed by atoms with Crippen LogP contribution in [0.2, 0.25) is 0 Å². The van der Waals surface area contributed by atoms with Crippen molar-refractivity contribution in [2.45, 2.75) is 25.7 Å². The highest BCUT2D eigenvalue weighted by Crippen LogP contribution is 2.31. The van der Waals surface area contributed by atoms with Gasteiger partial charge in [0.15, 0.2) is 0 Å². The number of carbonyl (C=O) groups is 2. The summed E-state index contributed by atoms with van der Waals surface area (Å²) in [7, 11) is 0. The van der Waals surface area contributed by atoms with Crippen molar-refractivity contribution >= 4 is 23.2 Å². The van der Waals surface area contributed by atoms with E-state index in [1.54, 1.807) is 41.1 Å².